The average Bonchev–Trinajstić information content (AvgIpc) is 2.88. The number of carbonyl (C=O) groups is 3. The van der Waals surface area contributed by atoms with Crippen molar-refractivity contribution in [1.82, 2.24) is 15.1 Å². The molecule has 3 atom stereocenters. The lowest BCUT2D eigenvalue weighted by atomic mass is 9.76. The first kappa shape index (κ1) is 23.9. The van der Waals surface area contributed by atoms with E-state index in [0.717, 1.165) is 9.80 Å². The van der Waals surface area contributed by atoms with E-state index < -0.39 is 59.8 Å². The molecule has 0 radical (unpaired) electrons. The molecule has 2 fully saturated rings. The SMILES string of the molecule is Cc1c(O)cccc1C(=O)NC[C@H](O)C(=O)N1CC(F)(F)C2(C)[C@H]1C(=O)N2CC(C)(C)C. The first-order chi connectivity index (χ1) is 14.6. The Morgan fingerprint density at radius 1 is 1.31 bits per heavy atom. The Bertz CT molecular complexity index is 961. The van der Waals surface area contributed by atoms with E-state index in [1.54, 1.807) is 0 Å². The Morgan fingerprint density at radius 3 is 2.53 bits per heavy atom. The summed E-state index contributed by atoms with van der Waals surface area (Å²) in [6.45, 7) is 6.86. The number of hydrogen-bond donors (Lipinski definition) is 3. The number of aliphatic hydroxyl groups is 1. The van der Waals surface area contributed by atoms with Gasteiger partial charge in [-0.05, 0) is 31.4 Å². The van der Waals surface area contributed by atoms with Crippen molar-refractivity contribution in [1.29, 1.82) is 0 Å². The number of aromatic hydroxyl groups is 1. The van der Waals surface area contributed by atoms with Gasteiger partial charge >= 0.3 is 0 Å². The molecule has 1 aromatic carbocycles. The summed E-state index contributed by atoms with van der Waals surface area (Å²) < 4.78 is 29.9. The highest BCUT2D eigenvalue weighted by Crippen LogP contribution is 2.53. The number of alkyl halides is 2. The number of likely N-dealkylation sites (tertiary alicyclic amines) is 2. The predicted molar refractivity (Wildman–Crippen MR) is 111 cm³/mol. The predicted octanol–water partition coefficient (Wildman–Crippen LogP) is 1.28. The molecule has 1 aromatic rings. The number of fused-ring (bicyclic) bond motifs is 1. The van der Waals surface area contributed by atoms with Crippen LogP contribution in [0.25, 0.3) is 0 Å². The fraction of sp³-hybridized carbons (Fsp3) is 0.591. The van der Waals surface area contributed by atoms with E-state index in [1.165, 1.54) is 32.0 Å². The number of nitrogens with one attached hydrogen (secondary N) is 1. The number of phenolic OH excluding ortho intramolecular Hbond substituents is 1. The van der Waals surface area contributed by atoms with Crippen LogP contribution in [0.2, 0.25) is 0 Å². The number of halogens is 2. The first-order valence-electron chi connectivity index (χ1n) is 10.4. The molecule has 0 aliphatic carbocycles. The Kier molecular flexibility index (Phi) is 5.74. The molecule has 32 heavy (non-hydrogen) atoms. The average molecular weight is 453 g/mol. The Hall–Kier alpha value is -2.75. The highest BCUT2D eigenvalue weighted by Gasteiger charge is 2.77. The molecule has 2 aliphatic rings. The number of aliphatic hydroxyl groups excluding tert-OH is 1. The lowest BCUT2D eigenvalue weighted by Crippen LogP contribution is -2.79. The number of amides is 3. The van der Waals surface area contributed by atoms with Crippen molar-refractivity contribution in [2.75, 3.05) is 19.6 Å². The smallest absolute Gasteiger partial charge is 0.290 e. The molecule has 3 rings (SSSR count). The molecule has 10 heteroatoms. The quantitative estimate of drug-likeness (QED) is 0.582. The number of rotatable bonds is 5. The van der Waals surface area contributed by atoms with Crippen molar-refractivity contribution >= 4 is 17.7 Å². The van der Waals surface area contributed by atoms with Crippen LogP contribution in [0.5, 0.6) is 5.75 Å². The minimum atomic E-state index is -3.35. The Labute approximate surface area is 185 Å². The minimum absolute atomic E-state index is 0.0869. The third-order valence-corrected chi connectivity index (χ3v) is 6.22. The molecule has 3 amide bonds. The maximum atomic E-state index is 15.0. The standard InChI is InChI=1S/C22H29F2N3O5/c1-12-13(7-6-8-14(12)28)17(30)25-9-15(29)18(31)26-11-22(23,24)21(5)16(26)19(32)27(21)10-20(2,3)4/h6-8,15-16,28-29H,9-11H2,1-5H3,(H,25,30)/t15-,16+,21?/m0/s1. The van der Waals surface area contributed by atoms with E-state index in [9.17, 15) is 33.4 Å². The third kappa shape index (κ3) is 3.70. The molecule has 176 valence electrons. The van der Waals surface area contributed by atoms with Gasteiger partial charge in [-0.3, -0.25) is 14.4 Å². The van der Waals surface area contributed by atoms with Gasteiger partial charge in [0.05, 0.1) is 13.1 Å². The third-order valence-electron chi connectivity index (χ3n) is 6.22. The van der Waals surface area contributed by atoms with Crippen molar-refractivity contribution in [3.05, 3.63) is 29.3 Å². The van der Waals surface area contributed by atoms with Gasteiger partial charge in [-0.25, -0.2) is 8.78 Å². The monoisotopic (exact) mass is 453 g/mol. The zero-order valence-electron chi connectivity index (χ0n) is 18.8. The van der Waals surface area contributed by atoms with E-state index in [4.69, 9.17) is 0 Å². The normalized spacial score (nSPS) is 25.2. The minimum Gasteiger partial charge on any atom is -0.508 e. The van der Waals surface area contributed by atoms with E-state index in [2.05, 4.69) is 5.32 Å². The second-order valence-corrected chi connectivity index (χ2v) is 9.88. The van der Waals surface area contributed by atoms with Gasteiger partial charge in [-0.15, -0.1) is 0 Å². The molecule has 0 aromatic heterocycles. The van der Waals surface area contributed by atoms with Crippen LogP contribution in [0, 0.1) is 12.3 Å². The van der Waals surface area contributed by atoms with E-state index in [0.29, 0.717) is 5.56 Å². The van der Waals surface area contributed by atoms with Crippen LogP contribution in [0.15, 0.2) is 18.2 Å². The second-order valence-electron chi connectivity index (χ2n) is 9.88. The van der Waals surface area contributed by atoms with Gasteiger partial charge in [-0.1, -0.05) is 26.8 Å². The maximum absolute atomic E-state index is 15.0. The van der Waals surface area contributed by atoms with Gasteiger partial charge in [-0.2, -0.15) is 0 Å². The molecular weight excluding hydrogens is 424 g/mol. The molecular formula is C22H29F2N3O5. The summed E-state index contributed by atoms with van der Waals surface area (Å²) in [4.78, 5) is 39.6. The van der Waals surface area contributed by atoms with Crippen molar-refractivity contribution in [2.45, 2.75) is 58.2 Å². The summed E-state index contributed by atoms with van der Waals surface area (Å²) in [6, 6.07) is 2.97. The molecule has 3 N–H and O–H groups in total. The van der Waals surface area contributed by atoms with Crippen LogP contribution in [-0.4, -0.2) is 81.0 Å². The molecule has 1 unspecified atom stereocenters. The molecule has 2 saturated heterocycles. The maximum Gasteiger partial charge on any atom is 0.290 e. The summed E-state index contributed by atoms with van der Waals surface area (Å²) in [7, 11) is 0. The van der Waals surface area contributed by atoms with E-state index in [1.807, 2.05) is 20.8 Å². The van der Waals surface area contributed by atoms with Crippen molar-refractivity contribution < 1.29 is 33.4 Å². The van der Waals surface area contributed by atoms with Crippen LogP contribution in [0.4, 0.5) is 8.78 Å². The highest BCUT2D eigenvalue weighted by atomic mass is 19.3. The van der Waals surface area contributed by atoms with Crippen molar-refractivity contribution in [3.63, 3.8) is 0 Å². The molecule has 2 aliphatic heterocycles. The number of hydrogen-bond acceptors (Lipinski definition) is 5. The number of β-lactam (4-membered cyclic amide) rings is 1. The zero-order chi connectivity index (χ0) is 24.2. The number of phenols is 1. The van der Waals surface area contributed by atoms with Crippen LogP contribution >= 0.6 is 0 Å². The van der Waals surface area contributed by atoms with Crippen LogP contribution in [0.3, 0.4) is 0 Å². The van der Waals surface area contributed by atoms with Gasteiger partial charge < -0.3 is 25.3 Å². The summed E-state index contributed by atoms with van der Waals surface area (Å²) in [5.74, 6) is -5.71. The van der Waals surface area contributed by atoms with Gasteiger partial charge in [0.1, 0.15) is 23.4 Å². The summed E-state index contributed by atoms with van der Waals surface area (Å²) in [5, 5.41) is 22.4. The van der Waals surface area contributed by atoms with Crippen LogP contribution in [-0.2, 0) is 9.59 Å². The Morgan fingerprint density at radius 2 is 1.94 bits per heavy atom. The summed E-state index contributed by atoms with van der Waals surface area (Å²) in [5.41, 5.74) is -1.80. The van der Waals surface area contributed by atoms with Gasteiger partial charge in [0.25, 0.3) is 17.7 Å². The molecule has 0 spiro atoms. The lowest BCUT2D eigenvalue weighted by Gasteiger charge is -2.56. The summed E-state index contributed by atoms with van der Waals surface area (Å²) >= 11 is 0. The van der Waals surface area contributed by atoms with Gasteiger partial charge in [0, 0.05) is 17.7 Å². The number of carbonyl (C=O) groups excluding carboxylic acids is 3. The topological polar surface area (TPSA) is 110 Å². The number of nitrogens with zero attached hydrogens (tertiary/aromatic N) is 2. The zero-order valence-corrected chi connectivity index (χ0v) is 18.8. The van der Waals surface area contributed by atoms with Gasteiger partial charge in [0.2, 0.25) is 5.91 Å². The van der Waals surface area contributed by atoms with E-state index >= 15 is 0 Å². The van der Waals surface area contributed by atoms with Crippen molar-refractivity contribution in [2.24, 2.45) is 5.41 Å². The molecule has 0 bridgehead atoms. The lowest BCUT2D eigenvalue weighted by molar-refractivity contribution is -0.194. The summed E-state index contributed by atoms with van der Waals surface area (Å²) in [6.07, 6.45) is -1.81. The second kappa shape index (κ2) is 7.68. The van der Waals surface area contributed by atoms with E-state index in [-0.39, 0.29) is 17.9 Å². The number of benzene rings is 1. The largest absolute Gasteiger partial charge is 0.508 e. The fourth-order valence-corrected chi connectivity index (χ4v) is 4.35. The van der Waals surface area contributed by atoms with Gasteiger partial charge in [0.15, 0.2) is 0 Å². The Balaban J connectivity index is 1.71. The molecule has 2 heterocycles. The van der Waals surface area contributed by atoms with Crippen LogP contribution < -0.4 is 5.32 Å². The molecule has 0 saturated carbocycles. The highest BCUT2D eigenvalue weighted by molar-refractivity contribution is 5.99. The molecule has 8 nitrogen and oxygen atoms in total. The fourth-order valence-electron chi connectivity index (χ4n) is 4.35. The first-order valence-corrected chi connectivity index (χ1v) is 10.4. The van der Waals surface area contributed by atoms with Crippen molar-refractivity contribution in [3.8, 4) is 5.75 Å². The van der Waals surface area contributed by atoms with Crippen LogP contribution in [0.1, 0.15) is 43.6 Å².